The van der Waals surface area contributed by atoms with Crippen molar-refractivity contribution in [1.29, 1.82) is 0 Å². The lowest BCUT2D eigenvalue weighted by molar-refractivity contribution is 0.164. The average Bonchev–Trinajstić information content (AvgIpc) is 1.69. The van der Waals surface area contributed by atoms with Gasteiger partial charge in [0.15, 0.2) is 0 Å². The lowest BCUT2D eigenvalue weighted by Crippen LogP contribution is -1.85. The van der Waals surface area contributed by atoms with E-state index in [4.69, 9.17) is 4.84 Å². The first kappa shape index (κ1) is 7.20. The summed E-state index contributed by atoms with van der Waals surface area (Å²) in [6.45, 7) is 2.54. The quantitative estimate of drug-likeness (QED) is 0.228. The maximum atomic E-state index is 4.69. The van der Waals surface area contributed by atoms with Crippen LogP contribution in [0.4, 0.5) is 0 Å². The Morgan fingerprint density at radius 1 is 1.86 bits per heavy atom. The number of hydrogen-bond acceptors (Lipinski definition) is 2. The molecule has 0 fully saturated rings. The van der Waals surface area contributed by atoms with Crippen LogP contribution < -0.4 is 0 Å². The largest absolute Gasteiger partial charge is 0.395 e. The molecule has 0 rings (SSSR count). The molecule has 7 heavy (non-hydrogen) atoms. The molecule has 2 nitrogen and oxygen atoms in total. The highest BCUT2D eigenvalue weighted by atomic mass is 127. The summed E-state index contributed by atoms with van der Waals surface area (Å²) < 4.78 is 0.995. The fraction of sp³-hybridized carbons (Fsp3) is 0.750. The molecule has 3 heteroatoms. The topological polar surface area (TPSA) is 21.6 Å². The van der Waals surface area contributed by atoms with Gasteiger partial charge in [-0.2, -0.15) is 0 Å². The minimum absolute atomic E-state index is 0.713. The average molecular weight is 213 g/mol. The first-order chi connectivity index (χ1) is 3.41. The van der Waals surface area contributed by atoms with E-state index in [-0.39, 0.29) is 0 Å². The van der Waals surface area contributed by atoms with Gasteiger partial charge in [-0.25, -0.2) is 0 Å². The number of halogens is 1. The predicted octanol–water partition coefficient (Wildman–Crippen LogP) is 1.44. The van der Waals surface area contributed by atoms with Crippen LogP contribution in [0.25, 0.3) is 0 Å². The Balaban J connectivity index is 2.69. The van der Waals surface area contributed by atoms with Crippen molar-refractivity contribution in [1.82, 2.24) is 0 Å². The molecule has 0 spiro atoms. The Morgan fingerprint density at radius 2 is 2.57 bits per heavy atom. The summed E-state index contributed by atoms with van der Waals surface area (Å²) in [6.07, 6.45) is 1.63. The number of alkyl halides is 1. The van der Waals surface area contributed by atoms with E-state index in [9.17, 15) is 0 Å². The van der Waals surface area contributed by atoms with E-state index in [2.05, 4.69) is 27.7 Å². The van der Waals surface area contributed by atoms with E-state index in [1.807, 2.05) is 6.92 Å². The molecular weight excluding hydrogens is 205 g/mol. The Kier molecular flexibility index (Phi) is 6.38. The third-order valence-corrected chi connectivity index (χ3v) is 0.789. The van der Waals surface area contributed by atoms with E-state index >= 15 is 0 Å². The molecule has 0 aliphatic heterocycles. The maximum Gasteiger partial charge on any atom is 0.126 e. The molecule has 0 aliphatic carbocycles. The van der Waals surface area contributed by atoms with Gasteiger partial charge in [0.25, 0.3) is 0 Å². The molecule has 0 aliphatic rings. The summed E-state index contributed by atoms with van der Waals surface area (Å²) in [4.78, 5) is 4.69. The van der Waals surface area contributed by atoms with Crippen molar-refractivity contribution in [2.45, 2.75) is 6.92 Å². The van der Waals surface area contributed by atoms with Crippen LogP contribution in [0.1, 0.15) is 6.92 Å². The highest BCUT2D eigenvalue weighted by molar-refractivity contribution is 14.1. The van der Waals surface area contributed by atoms with Crippen molar-refractivity contribution in [2.75, 3.05) is 11.0 Å². The third-order valence-electron chi connectivity index (χ3n) is 0.348. The van der Waals surface area contributed by atoms with Crippen LogP contribution in [0.5, 0.6) is 0 Å². The van der Waals surface area contributed by atoms with Crippen LogP contribution in [0.15, 0.2) is 5.16 Å². The Morgan fingerprint density at radius 3 is 3.00 bits per heavy atom. The Hall–Kier alpha value is 0.200. The zero-order valence-corrected chi connectivity index (χ0v) is 6.38. The van der Waals surface area contributed by atoms with Gasteiger partial charge in [-0.1, -0.05) is 27.7 Å². The highest BCUT2D eigenvalue weighted by Gasteiger charge is 1.73. The Labute approximate surface area is 57.1 Å². The zero-order chi connectivity index (χ0) is 5.54. The molecule has 0 N–H and O–H groups in total. The molecule has 0 saturated carbocycles. The molecular formula is C4H8INO. The van der Waals surface area contributed by atoms with Crippen molar-refractivity contribution < 1.29 is 4.84 Å². The van der Waals surface area contributed by atoms with Crippen molar-refractivity contribution in [3.63, 3.8) is 0 Å². The smallest absolute Gasteiger partial charge is 0.126 e. The van der Waals surface area contributed by atoms with Gasteiger partial charge in [0, 0.05) is 10.6 Å². The van der Waals surface area contributed by atoms with Crippen LogP contribution in [0.3, 0.4) is 0 Å². The number of rotatable bonds is 3. The molecule has 0 amide bonds. The first-order valence-corrected chi connectivity index (χ1v) is 3.60. The minimum Gasteiger partial charge on any atom is -0.395 e. The van der Waals surface area contributed by atoms with Crippen LogP contribution in [0, 0.1) is 0 Å². The van der Waals surface area contributed by atoms with Crippen LogP contribution in [-0.4, -0.2) is 17.2 Å². The number of oxime groups is 1. The molecule has 0 aromatic rings. The summed E-state index contributed by atoms with van der Waals surface area (Å²) >= 11 is 2.23. The zero-order valence-electron chi connectivity index (χ0n) is 4.22. The summed E-state index contributed by atoms with van der Waals surface area (Å²) in [6, 6.07) is 0. The van der Waals surface area contributed by atoms with Gasteiger partial charge in [0.1, 0.15) is 6.61 Å². The van der Waals surface area contributed by atoms with Crippen molar-refractivity contribution in [3.05, 3.63) is 0 Å². The first-order valence-electron chi connectivity index (χ1n) is 2.07. The predicted molar refractivity (Wildman–Crippen MR) is 39.0 cm³/mol. The lowest BCUT2D eigenvalue weighted by Gasteiger charge is -1.88. The van der Waals surface area contributed by atoms with Gasteiger partial charge in [-0.05, 0) is 6.92 Å². The fourth-order valence-electron chi connectivity index (χ4n) is 0.162. The van der Waals surface area contributed by atoms with Crippen molar-refractivity contribution in [2.24, 2.45) is 5.16 Å². The van der Waals surface area contributed by atoms with E-state index < -0.39 is 0 Å². The summed E-state index contributed by atoms with van der Waals surface area (Å²) in [5.41, 5.74) is 0. The number of hydrogen-bond donors (Lipinski definition) is 0. The Bertz CT molecular complexity index is 55.7. The van der Waals surface area contributed by atoms with E-state index in [0.29, 0.717) is 6.61 Å². The van der Waals surface area contributed by atoms with Gasteiger partial charge >= 0.3 is 0 Å². The molecule has 0 heterocycles. The van der Waals surface area contributed by atoms with Gasteiger partial charge in [-0.15, -0.1) is 0 Å². The highest BCUT2D eigenvalue weighted by Crippen LogP contribution is 1.81. The normalized spacial score (nSPS) is 10.0. The summed E-state index contributed by atoms with van der Waals surface area (Å²) in [5.74, 6) is 0. The van der Waals surface area contributed by atoms with Gasteiger partial charge in [0.2, 0.25) is 0 Å². The van der Waals surface area contributed by atoms with E-state index in [1.165, 1.54) is 0 Å². The maximum absolute atomic E-state index is 4.69. The van der Waals surface area contributed by atoms with E-state index in [1.54, 1.807) is 6.21 Å². The molecule has 0 aromatic heterocycles. The van der Waals surface area contributed by atoms with Crippen LogP contribution >= 0.6 is 22.6 Å². The second-order valence-corrected chi connectivity index (χ2v) is 1.96. The summed E-state index contributed by atoms with van der Waals surface area (Å²) in [5, 5.41) is 3.53. The molecule has 0 atom stereocenters. The molecule has 0 aromatic carbocycles. The van der Waals surface area contributed by atoms with Crippen LogP contribution in [0.2, 0.25) is 0 Å². The lowest BCUT2D eigenvalue weighted by atomic mass is 10.9. The molecule has 0 bridgehead atoms. The summed E-state index contributed by atoms with van der Waals surface area (Å²) in [7, 11) is 0. The molecule has 42 valence electrons. The fourth-order valence-corrected chi connectivity index (χ4v) is 0.359. The molecule has 0 radical (unpaired) electrons. The van der Waals surface area contributed by atoms with Crippen LogP contribution in [-0.2, 0) is 4.84 Å². The minimum atomic E-state index is 0.713. The van der Waals surface area contributed by atoms with Gasteiger partial charge in [-0.3, -0.25) is 0 Å². The van der Waals surface area contributed by atoms with Crippen molar-refractivity contribution >= 4 is 28.8 Å². The molecule has 0 unspecified atom stereocenters. The second-order valence-electron chi connectivity index (χ2n) is 0.886. The number of nitrogens with zero attached hydrogens (tertiary/aromatic N) is 1. The standard InChI is InChI=1S/C4H8INO/c1-2-6-7-4-3-5/h2H,3-4H2,1H3/b6-2-. The molecule has 0 saturated heterocycles. The second kappa shape index (κ2) is 6.20. The van der Waals surface area contributed by atoms with Gasteiger partial charge < -0.3 is 4.84 Å². The van der Waals surface area contributed by atoms with E-state index in [0.717, 1.165) is 4.43 Å². The monoisotopic (exact) mass is 213 g/mol. The third kappa shape index (κ3) is 6.20. The van der Waals surface area contributed by atoms with Crippen molar-refractivity contribution in [3.8, 4) is 0 Å². The SMILES string of the molecule is C/C=N\OCCI. The van der Waals surface area contributed by atoms with Gasteiger partial charge in [0.05, 0.1) is 0 Å².